The minimum Gasteiger partial charge on any atom is -0.480 e. The van der Waals surface area contributed by atoms with Crippen molar-refractivity contribution < 1.29 is 14.3 Å². The molecule has 1 aromatic rings. The average Bonchev–Trinajstić information content (AvgIpc) is 2.46. The number of carbonyl (C=O) groups is 1. The van der Waals surface area contributed by atoms with Crippen LogP contribution in [0, 0.1) is 5.82 Å². The van der Waals surface area contributed by atoms with Crippen molar-refractivity contribution >= 4 is 21.9 Å². The average molecular weight is 359 g/mol. The molecule has 0 amide bonds. The molecule has 1 aliphatic heterocycles. The van der Waals surface area contributed by atoms with Gasteiger partial charge < -0.3 is 5.11 Å². The van der Waals surface area contributed by atoms with E-state index in [9.17, 15) is 9.18 Å². The summed E-state index contributed by atoms with van der Waals surface area (Å²) in [7, 11) is 0. The van der Waals surface area contributed by atoms with Crippen molar-refractivity contribution in [2.24, 2.45) is 0 Å². The minimum absolute atomic E-state index is 0.0135. The number of rotatable bonds is 4. The van der Waals surface area contributed by atoms with Crippen LogP contribution in [0.5, 0.6) is 0 Å². The maximum atomic E-state index is 14.0. The van der Waals surface area contributed by atoms with Crippen LogP contribution >= 0.6 is 15.9 Å². The first-order valence-electron chi connectivity index (χ1n) is 7.06. The molecular weight excluding hydrogens is 339 g/mol. The summed E-state index contributed by atoms with van der Waals surface area (Å²) in [5, 5.41) is 9.04. The van der Waals surface area contributed by atoms with Crippen LogP contribution in [-0.2, 0) is 4.79 Å². The summed E-state index contributed by atoms with van der Waals surface area (Å²) in [5.74, 6) is -1.01. The van der Waals surface area contributed by atoms with Crippen molar-refractivity contribution in [1.82, 2.24) is 9.80 Å². The number of nitrogens with zero attached hydrogens (tertiary/aromatic N) is 2. The lowest BCUT2D eigenvalue weighted by Gasteiger charge is -2.39. The van der Waals surface area contributed by atoms with Gasteiger partial charge in [0, 0.05) is 42.3 Å². The summed E-state index contributed by atoms with van der Waals surface area (Å²) in [4.78, 5) is 15.1. The van der Waals surface area contributed by atoms with Gasteiger partial charge in [0.15, 0.2) is 0 Å². The molecule has 1 fully saturated rings. The van der Waals surface area contributed by atoms with Crippen molar-refractivity contribution in [1.29, 1.82) is 0 Å². The highest BCUT2D eigenvalue weighted by molar-refractivity contribution is 9.10. The van der Waals surface area contributed by atoms with E-state index in [0.717, 1.165) is 17.6 Å². The van der Waals surface area contributed by atoms with Crippen LogP contribution in [-0.4, -0.2) is 53.1 Å². The first-order valence-corrected chi connectivity index (χ1v) is 7.85. The third-order valence-corrected chi connectivity index (χ3v) is 4.71. The molecule has 2 rings (SSSR count). The van der Waals surface area contributed by atoms with E-state index in [1.54, 1.807) is 13.0 Å². The van der Waals surface area contributed by atoms with Crippen LogP contribution in [0.25, 0.3) is 0 Å². The van der Waals surface area contributed by atoms with Gasteiger partial charge in [-0.15, -0.1) is 0 Å². The molecule has 0 spiro atoms. The smallest absolute Gasteiger partial charge is 0.320 e. The van der Waals surface area contributed by atoms with Crippen molar-refractivity contribution in [2.45, 2.75) is 25.9 Å². The molecule has 1 saturated heterocycles. The molecule has 1 N–H and O–H groups in total. The number of hydrogen-bond acceptors (Lipinski definition) is 3. The van der Waals surface area contributed by atoms with Gasteiger partial charge in [-0.05, 0) is 26.0 Å². The van der Waals surface area contributed by atoms with E-state index in [2.05, 4.69) is 20.8 Å². The van der Waals surface area contributed by atoms with Gasteiger partial charge in [0.25, 0.3) is 0 Å². The highest BCUT2D eigenvalue weighted by Crippen LogP contribution is 2.26. The second kappa shape index (κ2) is 6.85. The predicted octanol–water partition coefficient (Wildman–Crippen LogP) is 2.74. The summed E-state index contributed by atoms with van der Waals surface area (Å²) in [6.07, 6.45) is 0. The number of benzene rings is 1. The topological polar surface area (TPSA) is 43.8 Å². The molecular formula is C15H20BrFN2O2. The molecule has 1 aliphatic rings. The fourth-order valence-electron chi connectivity index (χ4n) is 2.71. The highest BCUT2D eigenvalue weighted by atomic mass is 79.9. The molecule has 6 heteroatoms. The molecule has 0 aromatic heterocycles. The van der Waals surface area contributed by atoms with Crippen LogP contribution in [0.1, 0.15) is 25.5 Å². The lowest BCUT2D eigenvalue weighted by Crippen LogP contribution is -2.52. The van der Waals surface area contributed by atoms with Gasteiger partial charge in [0.05, 0.1) is 0 Å². The normalized spacial score (nSPS) is 20.2. The molecule has 0 saturated carbocycles. The lowest BCUT2D eigenvalue weighted by atomic mass is 10.1. The van der Waals surface area contributed by atoms with E-state index in [1.165, 1.54) is 6.07 Å². The highest BCUT2D eigenvalue weighted by Gasteiger charge is 2.28. The van der Waals surface area contributed by atoms with E-state index < -0.39 is 12.0 Å². The van der Waals surface area contributed by atoms with Gasteiger partial charge in [0.2, 0.25) is 0 Å². The number of hydrogen-bond donors (Lipinski definition) is 1. The maximum Gasteiger partial charge on any atom is 0.320 e. The fourth-order valence-corrected chi connectivity index (χ4v) is 3.04. The maximum absolute atomic E-state index is 14.0. The van der Waals surface area contributed by atoms with Crippen molar-refractivity contribution in [3.05, 3.63) is 34.1 Å². The summed E-state index contributed by atoms with van der Waals surface area (Å²) in [5.41, 5.74) is 0.679. The summed E-state index contributed by atoms with van der Waals surface area (Å²) in [6, 6.07) is 4.65. The molecule has 4 nitrogen and oxygen atoms in total. The fraction of sp³-hybridized carbons (Fsp3) is 0.533. The Kier molecular flexibility index (Phi) is 5.35. The van der Waals surface area contributed by atoms with Gasteiger partial charge >= 0.3 is 5.97 Å². The Hall–Kier alpha value is -0.980. The Morgan fingerprint density at radius 2 is 1.81 bits per heavy atom. The van der Waals surface area contributed by atoms with Gasteiger partial charge in [-0.25, -0.2) is 4.39 Å². The quantitative estimate of drug-likeness (QED) is 0.898. The molecule has 0 aliphatic carbocycles. The minimum atomic E-state index is -0.796. The zero-order chi connectivity index (χ0) is 15.6. The number of piperazine rings is 1. The third kappa shape index (κ3) is 3.81. The Bertz CT molecular complexity index is 518. The van der Waals surface area contributed by atoms with Crippen LogP contribution in [0.4, 0.5) is 4.39 Å². The zero-order valence-electron chi connectivity index (χ0n) is 12.2. The van der Waals surface area contributed by atoms with Crippen molar-refractivity contribution in [2.75, 3.05) is 26.2 Å². The van der Waals surface area contributed by atoms with Gasteiger partial charge in [-0.2, -0.15) is 0 Å². The Morgan fingerprint density at radius 1 is 1.24 bits per heavy atom. The first kappa shape index (κ1) is 16.4. The van der Waals surface area contributed by atoms with Gasteiger partial charge in [0.1, 0.15) is 11.9 Å². The van der Waals surface area contributed by atoms with E-state index in [4.69, 9.17) is 5.11 Å². The first-order chi connectivity index (χ1) is 9.90. The SMILES string of the molecule is CC(C(=O)O)N1CCN(C(C)c2ccc(Br)cc2F)CC1. The number of carboxylic acid groups (broad SMARTS) is 1. The summed E-state index contributed by atoms with van der Waals surface area (Å²) >= 11 is 3.26. The predicted molar refractivity (Wildman–Crippen MR) is 82.8 cm³/mol. The molecule has 2 unspecified atom stereocenters. The molecule has 0 radical (unpaired) electrons. The number of halogens is 2. The standard InChI is InChI=1S/C15H20BrFN2O2/c1-10(13-4-3-12(16)9-14(13)17)18-5-7-19(8-6-18)11(2)15(20)21/h3-4,9-11H,5-8H2,1-2H3,(H,20,21). The Balaban J connectivity index is 2.00. The number of carboxylic acids is 1. The molecule has 21 heavy (non-hydrogen) atoms. The Labute approximate surface area is 132 Å². The second-order valence-electron chi connectivity index (χ2n) is 5.43. The van der Waals surface area contributed by atoms with Crippen LogP contribution in [0.3, 0.4) is 0 Å². The van der Waals surface area contributed by atoms with Crippen LogP contribution in [0.2, 0.25) is 0 Å². The zero-order valence-corrected chi connectivity index (χ0v) is 13.8. The van der Waals surface area contributed by atoms with E-state index in [0.29, 0.717) is 18.7 Å². The van der Waals surface area contributed by atoms with Gasteiger partial charge in [-0.1, -0.05) is 22.0 Å². The molecule has 1 heterocycles. The molecule has 1 aromatic carbocycles. The van der Waals surface area contributed by atoms with Gasteiger partial charge in [-0.3, -0.25) is 14.6 Å². The summed E-state index contributed by atoms with van der Waals surface area (Å²) < 4.78 is 14.8. The molecule has 2 atom stereocenters. The molecule has 116 valence electrons. The van der Waals surface area contributed by atoms with E-state index >= 15 is 0 Å². The number of aliphatic carboxylic acids is 1. The Morgan fingerprint density at radius 3 is 2.33 bits per heavy atom. The van der Waals surface area contributed by atoms with Crippen LogP contribution < -0.4 is 0 Å². The monoisotopic (exact) mass is 358 g/mol. The third-order valence-electron chi connectivity index (χ3n) is 4.21. The van der Waals surface area contributed by atoms with E-state index in [1.807, 2.05) is 17.9 Å². The van der Waals surface area contributed by atoms with E-state index in [-0.39, 0.29) is 11.9 Å². The summed E-state index contributed by atoms with van der Waals surface area (Å²) in [6.45, 7) is 6.56. The van der Waals surface area contributed by atoms with Crippen LogP contribution in [0.15, 0.2) is 22.7 Å². The van der Waals surface area contributed by atoms with Crippen molar-refractivity contribution in [3.8, 4) is 0 Å². The lowest BCUT2D eigenvalue weighted by molar-refractivity contribution is -0.143. The largest absolute Gasteiger partial charge is 0.480 e. The van der Waals surface area contributed by atoms with Crippen molar-refractivity contribution in [3.63, 3.8) is 0 Å². The molecule has 0 bridgehead atoms. The second-order valence-corrected chi connectivity index (χ2v) is 6.34.